The van der Waals surface area contributed by atoms with E-state index < -0.39 is 0 Å². The second kappa shape index (κ2) is 7.30. The van der Waals surface area contributed by atoms with Crippen LogP contribution >= 0.6 is 35.1 Å². The Kier molecular flexibility index (Phi) is 5.39. The SMILES string of the molecule is CCN1CCN(C2=NCCN2Sc2ccc(Cl)c(Cl)c2)CC1. The number of rotatable bonds is 3. The van der Waals surface area contributed by atoms with Crippen molar-refractivity contribution >= 4 is 41.1 Å². The van der Waals surface area contributed by atoms with Gasteiger partial charge in [-0.25, -0.2) is 0 Å². The lowest BCUT2D eigenvalue weighted by atomic mass is 10.3. The van der Waals surface area contributed by atoms with Crippen LogP contribution in [0.2, 0.25) is 10.0 Å². The zero-order valence-corrected chi connectivity index (χ0v) is 15.0. The summed E-state index contributed by atoms with van der Waals surface area (Å²) >= 11 is 13.8. The molecule has 0 unspecified atom stereocenters. The minimum Gasteiger partial charge on any atom is -0.340 e. The predicted molar refractivity (Wildman–Crippen MR) is 95.0 cm³/mol. The molecule has 22 heavy (non-hydrogen) atoms. The van der Waals surface area contributed by atoms with Crippen molar-refractivity contribution in [3.05, 3.63) is 28.2 Å². The maximum absolute atomic E-state index is 6.11. The van der Waals surface area contributed by atoms with E-state index >= 15 is 0 Å². The first-order valence-corrected chi connectivity index (χ1v) is 9.12. The van der Waals surface area contributed by atoms with Crippen molar-refractivity contribution in [2.45, 2.75) is 11.8 Å². The molecule has 7 heteroatoms. The van der Waals surface area contributed by atoms with Gasteiger partial charge >= 0.3 is 0 Å². The number of hydrogen-bond acceptors (Lipinski definition) is 5. The lowest BCUT2D eigenvalue weighted by Crippen LogP contribution is -2.51. The van der Waals surface area contributed by atoms with Gasteiger partial charge in [-0.2, -0.15) is 0 Å². The molecule has 1 aromatic carbocycles. The fourth-order valence-electron chi connectivity index (χ4n) is 2.69. The van der Waals surface area contributed by atoms with Crippen molar-refractivity contribution in [2.75, 3.05) is 45.8 Å². The first-order valence-electron chi connectivity index (χ1n) is 7.59. The molecule has 2 aliphatic heterocycles. The summed E-state index contributed by atoms with van der Waals surface area (Å²) in [6.45, 7) is 9.46. The van der Waals surface area contributed by atoms with E-state index in [-0.39, 0.29) is 0 Å². The topological polar surface area (TPSA) is 22.1 Å². The highest BCUT2D eigenvalue weighted by molar-refractivity contribution is 7.97. The van der Waals surface area contributed by atoms with Crippen LogP contribution in [0, 0.1) is 0 Å². The third-order valence-electron chi connectivity index (χ3n) is 3.99. The van der Waals surface area contributed by atoms with Crippen molar-refractivity contribution in [2.24, 2.45) is 4.99 Å². The van der Waals surface area contributed by atoms with E-state index in [1.165, 1.54) is 0 Å². The second-order valence-corrected chi connectivity index (χ2v) is 7.28. The fraction of sp³-hybridized carbons (Fsp3) is 0.533. The summed E-state index contributed by atoms with van der Waals surface area (Å²) in [6.07, 6.45) is 0. The van der Waals surface area contributed by atoms with Crippen molar-refractivity contribution in [3.63, 3.8) is 0 Å². The van der Waals surface area contributed by atoms with Crippen LogP contribution in [0.25, 0.3) is 0 Å². The Hall–Kier alpha value is -0.620. The van der Waals surface area contributed by atoms with E-state index in [0.717, 1.165) is 56.7 Å². The summed E-state index contributed by atoms with van der Waals surface area (Å²) < 4.78 is 2.27. The van der Waals surface area contributed by atoms with Gasteiger partial charge in [0, 0.05) is 31.1 Å². The molecule has 1 aromatic rings. The molecule has 2 aliphatic rings. The van der Waals surface area contributed by atoms with Crippen LogP contribution in [0.4, 0.5) is 0 Å². The Balaban J connectivity index is 1.64. The normalized spacial score (nSPS) is 19.7. The number of likely N-dealkylation sites (N-methyl/N-ethyl adjacent to an activating group) is 1. The monoisotopic (exact) mass is 358 g/mol. The van der Waals surface area contributed by atoms with E-state index in [9.17, 15) is 0 Å². The lowest BCUT2D eigenvalue weighted by molar-refractivity contribution is 0.184. The van der Waals surface area contributed by atoms with Crippen LogP contribution < -0.4 is 0 Å². The molecule has 0 N–H and O–H groups in total. The largest absolute Gasteiger partial charge is 0.340 e. The van der Waals surface area contributed by atoms with Gasteiger partial charge in [-0.05, 0) is 36.7 Å². The zero-order chi connectivity index (χ0) is 15.5. The predicted octanol–water partition coefficient (Wildman–Crippen LogP) is 3.31. The quantitative estimate of drug-likeness (QED) is 0.772. The third kappa shape index (κ3) is 3.65. The molecule has 0 bridgehead atoms. The van der Waals surface area contributed by atoms with Crippen LogP contribution in [0.3, 0.4) is 0 Å². The number of guanidine groups is 1. The summed E-state index contributed by atoms with van der Waals surface area (Å²) in [4.78, 5) is 10.7. The number of nitrogens with zero attached hydrogens (tertiary/aromatic N) is 4. The van der Waals surface area contributed by atoms with Gasteiger partial charge in [-0.1, -0.05) is 30.1 Å². The van der Waals surface area contributed by atoms with E-state index in [0.29, 0.717) is 10.0 Å². The molecule has 1 fully saturated rings. The Morgan fingerprint density at radius 1 is 1.09 bits per heavy atom. The minimum atomic E-state index is 0.594. The molecular weight excluding hydrogens is 339 g/mol. The molecule has 120 valence electrons. The Morgan fingerprint density at radius 3 is 2.55 bits per heavy atom. The van der Waals surface area contributed by atoms with Crippen LogP contribution in [0.15, 0.2) is 28.1 Å². The molecule has 0 aliphatic carbocycles. The first-order chi connectivity index (χ1) is 10.7. The third-order valence-corrected chi connectivity index (χ3v) is 5.76. The molecule has 0 atom stereocenters. The van der Waals surface area contributed by atoms with E-state index in [4.69, 9.17) is 28.2 Å². The van der Waals surface area contributed by atoms with E-state index in [1.807, 2.05) is 18.2 Å². The summed E-state index contributed by atoms with van der Waals surface area (Å²) in [5.74, 6) is 1.10. The van der Waals surface area contributed by atoms with Gasteiger partial charge in [0.05, 0.1) is 23.1 Å². The molecule has 2 heterocycles. The van der Waals surface area contributed by atoms with Gasteiger partial charge in [-0.3, -0.25) is 9.30 Å². The van der Waals surface area contributed by atoms with Crippen molar-refractivity contribution in [1.29, 1.82) is 0 Å². The first kappa shape index (κ1) is 16.2. The minimum absolute atomic E-state index is 0.594. The van der Waals surface area contributed by atoms with Crippen LogP contribution in [-0.2, 0) is 0 Å². The molecule has 3 rings (SSSR count). The Bertz CT molecular complexity index is 558. The van der Waals surface area contributed by atoms with E-state index in [1.54, 1.807) is 11.9 Å². The van der Waals surface area contributed by atoms with Gasteiger partial charge in [0.1, 0.15) is 0 Å². The number of aliphatic imine (C=N–C) groups is 1. The Morgan fingerprint density at radius 2 is 1.86 bits per heavy atom. The Labute approximate surface area is 146 Å². The van der Waals surface area contributed by atoms with Crippen molar-refractivity contribution < 1.29 is 0 Å². The standard InChI is InChI=1S/C15H20Cl2N4S/c1-2-19-7-9-20(10-8-19)15-18-5-6-21(15)22-12-3-4-13(16)14(17)11-12/h3-4,11H,2,5-10H2,1H3. The smallest absolute Gasteiger partial charge is 0.207 e. The van der Waals surface area contributed by atoms with Crippen LogP contribution in [-0.4, -0.2) is 65.9 Å². The summed E-state index contributed by atoms with van der Waals surface area (Å²) in [5.41, 5.74) is 0. The van der Waals surface area contributed by atoms with Gasteiger partial charge in [-0.15, -0.1) is 0 Å². The molecule has 0 spiro atoms. The van der Waals surface area contributed by atoms with Gasteiger partial charge in [0.15, 0.2) is 0 Å². The maximum atomic E-state index is 6.11. The highest BCUT2D eigenvalue weighted by atomic mass is 35.5. The number of halogens is 2. The summed E-state index contributed by atoms with van der Waals surface area (Å²) in [6, 6.07) is 5.77. The molecular formula is C15H20Cl2N4S. The molecule has 4 nitrogen and oxygen atoms in total. The van der Waals surface area contributed by atoms with E-state index in [2.05, 4.69) is 21.0 Å². The second-order valence-electron chi connectivity index (χ2n) is 5.37. The van der Waals surface area contributed by atoms with Crippen LogP contribution in [0.1, 0.15) is 6.92 Å². The summed E-state index contributed by atoms with van der Waals surface area (Å²) in [5, 5.41) is 1.19. The summed E-state index contributed by atoms with van der Waals surface area (Å²) in [7, 11) is 0. The lowest BCUT2D eigenvalue weighted by Gasteiger charge is -2.37. The van der Waals surface area contributed by atoms with Gasteiger partial charge in [0.25, 0.3) is 0 Å². The number of benzene rings is 1. The van der Waals surface area contributed by atoms with Crippen LogP contribution in [0.5, 0.6) is 0 Å². The van der Waals surface area contributed by atoms with Gasteiger partial charge < -0.3 is 9.80 Å². The van der Waals surface area contributed by atoms with Gasteiger partial charge in [0.2, 0.25) is 5.96 Å². The average molecular weight is 359 g/mol. The highest BCUT2D eigenvalue weighted by Gasteiger charge is 2.26. The zero-order valence-electron chi connectivity index (χ0n) is 12.6. The molecule has 0 aromatic heterocycles. The average Bonchev–Trinajstić information content (AvgIpc) is 2.99. The number of hydrogen-bond donors (Lipinski definition) is 0. The molecule has 0 radical (unpaired) electrons. The fourth-order valence-corrected chi connectivity index (χ4v) is 4.03. The maximum Gasteiger partial charge on any atom is 0.207 e. The molecule has 0 amide bonds. The van der Waals surface area contributed by atoms with Crippen molar-refractivity contribution in [1.82, 2.24) is 14.1 Å². The highest BCUT2D eigenvalue weighted by Crippen LogP contribution is 2.31. The van der Waals surface area contributed by atoms with Crippen molar-refractivity contribution in [3.8, 4) is 0 Å². The number of piperazine rings is 1. The molecule has 0 saturated carbocycles. The molecule has 1 saturated heterocycles.